The summed E-state index contributed by atoms with van der Waals surface area (Å²) in [6.07, 6.45) is 1.79. The first-order chi connectivity index (χ1) is 7.31. The van der Waals surface area contributed by atoms with Crippen molar-refractivity contribution in [1.82, 2.24) is 4.98 Å². The van der Waals surface area contributed by atoms with E-state index in [2.05, 4.69) is 18.0 Å². The van der Waals surface area contributed by atoms with E-state index in [4.69, 9.17) is 4.74 Å². The van der Waals surface area contributed by atoms with Crippen molar-refractivity contribution in [3.8, 4) is 5.75 Å². The number of pyridine rings is 1. The van der Waals surface area contributed by atoms with Crippen molar-refractivity contribution >= 4 is 10.9 Å². The van der Waals surface area contributed by atoms with Gasteiger partial charge in [0.15, 0.2) is 0 Å². The zero-order chi connectivity index (χ0) is 11.3. The van der Waals surface area contributed by atoms with Crippen LogP contribution in [0.25, 0.3) is 10.9 Å². The molecule has 0 unspecified atom stereocenters. The van der Waals surface area contributed by atoms with E-state index in [1.807, 2.05) is 32.0 Å². The summed E-state index contributed by atoms with van der Waals surface area (Å²) in [4.78, 5) is 4.27. The van der Waals surface area contributed by atoms with Crippen LogP contribution in [0, 0.1) is 6.92 Å². The van der Waals surface area contributed by atoms with Crippen LogP contribution in [0.15, 0.2) is 30.5 Å². The lowest BCUT2D eigenvalue weighted by Gasteiger charge is -2.04. The number of aromatic nitrogens is 1. The van der Waals surface area contributed by atoms with Crippen LogP contribution >= 0.6 is 0 Å². The fraction of sp³-hybridized carbons (Fsp3) is 0.308. The molecule has 0 saturated carbocycles. The SMILES string of the molecule is CC.COc1cc(C)c2cccnc2c1. The van der Waals surface area contributed by atoms with Crippen LogP contribution in [-0.2, 0) is 0 Å². The van der Waals surface area contributed by atoms with Crippen LogP contribution in [-0.4, -0.2) is 12.1 Å². The molecule has 80 valence electrons. The lowest BCUT2D eigenvalue weighted by molar-refractivity contribution is 0.415. The van der Waals surface area contributed by atoms with Gasteiger partial charge in [-0.3, -0.25) is 4.98 Å². The number of benzene rings is 1. The van der Waals surface area contributed by atoms with E-state index >= 15 is 0 Å². The number of ether oxygens (including phenoxy) is 1. The number of methoxy groups -OCH3 is 1. The summed E-state index contributed by atoms with van der Waals surface area (Å²) in [5, 5.41) is 1.18. The van der Waals surface area contributed by atoms with E-state index in [-0.39, 0.29) is 0 Å². The quantitative estimate of drug-likeness (QED) is 0.706. The van der Waals surface area contributed by atoms with Crippen molar-refractivity contribution in [2.45, 2.75) is 20.8 Å². The average molecular weight is 203 g/mol. The van der Waals surface area contributed by atoms with Crippen molar-refractivity contribution in [2.75, 3.05) is 7.11 Å². The van der Waals surface area contributed by atoms with E-state index in [1.165, 1.54) is 10.9 Å². The normalized spacial score (nSPS) is 9.33. The standard InChI is InChI=1S/C11H11NO.C2H6/c1-8-6-9(13-2)7-11-10(8)4-3-5-12-11;1-2/h3-7H,1-2H3;1-2H3. The van der Waals surface area contributed by atoms with Gasteiger partial charge in [-0.1, -0.05) is 19.9 Å². The zero-order valence-corrected chi connectivity index (χ0v) is 9.74. The molecule has 1 aromatic heterocycles. The van der Waals surface area contributed by atoms with E-state index < -0.39 is 0 Å². The predicted molar refractivity (Wildman–Crippen MR) is 64.4 cm³/mol. The second-order valence-electron chi connectivity index (χ2n) is 3.01. The minimum Gasteiger partial charge on any atom is -0.497 e. The molecule has 1 aromatic carbocycles. The number of fused-ring (bicyclic) bond motifs is 1. The highest BCUT2D eigenvalue weighted by Gasteiger charge is 2.00. The molecule has 2 aromatic rings. The summed E-state index contributed by atoms with van der Waals surface area (Å²) in [5.41, 5.74) is 2.18. The molecule has 0 fully saturated rings. The molecule has 0 aliphatic carbocycles. The van der Waals surface area contributed by atoms with Crippen molar-refractivity contribution in [3.63, 3.8) is 0 Å². The van der Waals surface area contributed by atoms with E-state index in [0.29, 0.717) is 0 Å². The van der Waals surface area contributed by atoms with Gasteiger partial charge in [0.2, 0.25) is 0 Å². The first-order valence-corrected chi connectivity index (χ1v) is 5.20. The Morgan fingerprint density at radius 1 is 1.20 bits per heavy atom. The third-order valence-corrected chi connectivity index (χ3v) is 2.14. The Bertz CT molecular complexity index is 437. The third kappa shape index (κ3) is 2.46. The first kappa shape index (κ1) is 11.5. The zero-order valence-electron chi connectivity index (χ0n) is 9.74. The number of rotatable bonds is 1. The number of nitrogens with zero attached hydrogens (tertiary/aromatic N) is 1. The lowest BCUT2D eigenvalue weighted by Crippen LogP contribution is -1.86. The smallest absolute Gasteiger partial charge is 0.121 e. The van der Waals surface area contributed by atoms with Gasteiger partial charge in [-0.2, -0.15) is 0 Å². The van der Waals surface area contributed by atoms with Gasteiger partial charge in [0.05, 0.1) is 12.6 Å². The van der Waals surface area contributed by atoms with Gasteiger partial charge < -0.3 is 4.74 Å². The summed E-state index contributed by atoms with van der Waals surface area (Å²) in [6.45, 7) is 6.06. The molecule has 0 aliphatic rings. The minimum absolute atomic E-state index is 0.865. The summed E-state index contributed by atoms with van der Waals surface area (Å²) in [5.74, 6) is 0.865. The van der Waals surface area contributed by atoms with Crippen LogP contribution < -0.4 is 4.74 Å². The average Bonchev–Trinajstić information content (AvgIpc) is 2.31. The Balaban J connectivity index is 0.000000531. The molecular formula is C13H17NO. The van der Waals surface area contributed by atoms with E-state index in [9.17, 15) is 0 Å². The Hall–Kier alpha value is -1.57. The fourth-order valence-corrected chi connectivity index (χ4v) is 1.45. The van der Waals surface area contributed by atoms with Crippen LogP contribution in [0.3, 0.4) is 0 Å². The lowest BCUT2D eigenvalue weighted by atomic mass is 10.1. The molecule has 0 saturated heterocycles. The predicted octanol–water partition coefficient (Wildman–Crippen LogP) is 3.58. The molecule has 1 heterocycles. The molecule has 0 N–H and O–H groups in total. The van der Waals surface area contributed by atoms with Crippen molar-refractivity contribution in [2.24, 2.45) is 0 Å². The van der Waals surface area contributed by atoms with Gasteiger partial charge in [0, 0.05) is 17.6 Å². The molecule has 2 heteroatoms. The summed E-state index contributed by atoms with van der Waals surface area (Å²) >= 11 is 0. The summed E-state index contributed by atoms with van der Waals surface area (Å²) in [7, 11) is 1.67. The Morgan fingerprint density at radius 2 is 1.93 bits per heavy atom. The molecule has 0 bridgehead atoms. The second kappa shape index (κ2) is 5.35. The van der Waals surface area contributed by atoms with Gasteiger partial charge in [0.25, 0.3) is 0 Å². The van der Waals surface area contributed by atoms with Gasteiger partial charge in [0.1, 0.15) is 5.75 Å². The third-order valence-electron chi connectivity index (χ3n) is 2.14. The van der Waals surface area contributed by atoms with Gasteiger partial charge in [-0.25, -0.2) is 0 Å². The molecule has 0 amide bonds. The largest absolute Gasteiger partial charge is 0.497 e. The maximum Gasteiger partial charge on any atom is 0.121 e. The highest BCUT2D eigenvalue weighted by molar-refractivity contribution is 5.83. The first-order valence-electron chi connectivity index (χ1n) is 5.20. The Kier molecular flexibility index (Phi) is 4.10. The van der Waals surface area contributed by atoms with E-state index in [1.54, 1.807) is 13.3 Å². The maximum absolute atomic E-state index is 5.16. The van der Waals surface area contributed by atoms with Gasteiger partial charge in [-0.05, 0) is 24.6 Å². The maximum atomic E-state index is 5.16. The topological polar surface area (TPSA) is 22.1 Å². The van der Waals surface area contributed by atoms with Gasteiger partial charge in [-0.15, -0.1) is 0 Å². The molecule has 0 atom stereocenters. The van der Waals surface area contributed by atoms with E-state index in [0.717, 1.165) is 11.3 Å². The molecule has 0 aliphatic heterocycles. The number of hydrogen-bond acceptors (Lipinski definition) is 2. The van der Waals surface area contributed by atoms with Crippen LogP contribution in [0.5, 0.6) is 5.75 Å². The number of aryl methyl sites for hydroxylation is 1. The second-order valence-corrected chi connectivity index (χ2v) is 3.01. The Labute approximate surface area is 90.9 Å². The van der Waals surface area contributed by atoms with Crippen LogP contribution in [0.1, 0.15) is 19.4 Å². The van der Waals surface area contributed by atoms with Crippen molar-refractivity contribution < 1.29 is 4.74 Å². The highest BCUT2D eigenvalue weighted by Crippen LogP contribution is 2.22. The monoisotopic (exact) mass is 203 g/mol. The molecule has 2 nitrogen and oxygen atoms in total. The summed E-state index contributed by atoms with van der Waals surface area (Å²) < 4.78 is 5.16. The summed E-state index contributed by atoms with van der Waals surface area (Å²) in [6, 6.07) is 7.98. The fourth-order valence-electron chi connectivity index (χ4n) is 1.45. The van der Waals surface area contributed by atoms with Crippen molar-refractivity contribution in [1.29, 1.82) is 0 Å². The van der Waals surface area contributed by atoms with Crippen molar-refractivity contribution in [3.05, 3.63) is 36.0 Å². The Morgan fingerprint density at radius 3 is 2.60 bits per heavy atom. The van der Waals surface area contributed by atoms with Gasteiger partial charge >= 0.3 is 0 Å². The highest BCUT2D eigenvalue weighted by atomic mass is 16.5. The minimum atomic E-state index is 0.865. The number of hydrogen-bond donors (Lipinski definition) is 0. The van der Waals surface area contributed by atoms with Crippen LogP contribution in [0.2, 0.25) is 0 Å². The van der Waals surface area contributed by atoms with Crippen LogP contribution in [0.4, 0.5) is 0 Å². The molecule has 0 spiro atoms. The molecule has 2 rings (SSSR count). The molecule has 15 heavy (non-hydrogen) atoms. The molecular weight excluding hydrogens is 186 g/mol. The molecule has 0 radical (unpaired) electrons.